The molecule has 1 aromatic heterocycles. The lowest BCUT2D eigenvalue weighted by Crippen LogP contribution is -2.68. The van der Waals surface area contributed by atoms with E-state index in [0.29, 0.717) is 22.9 Å². The molecule has 0 spiro atoms. The fourth-order valence-electron chi connectivity index (χ4n) is 5.40. The van der Waals surface area contributed by atoms with Gasteiger partial charge in [0.05, 0.1) is 15.8 Å². The molecular weight excluding hydrogens is 543 g/mol. The second kappa shape index (κ2) is 9.30. The summed E-state index contributed by atoms with van der Waals surface area (Å²) in [4.78, 5) is 15.7. The first-order valence-corrected chi connectivity index (χ1v) is 14.1. The van der Waals surface area contributed by atoms with Crippen LogP contribution in [-0.4, -0.2) is 31.6 Å². The summed E-state index contributed by atoms with van der Waals surface area (Å²) in [5.74, 6) is -1.80. The van der Waals surface area contributed by atoms with Crippen LogP contribution in [0.15, 0.2) is 54.6 Å². The number of hydrogen-bond donors (Lipinski definition) is 0. The van der Waals surface area contributed by atoms with Crippen molar-refractivity contribution in [3.8, 4) is 16.3 Å². The molecule has 7 nitrogen and oxygen atoms in total. The second-order valence-corrected chi connectivity index (χ2v) is 12.5. The minimum Gasteiger partial charge on any atom is -0.375 e. The van der Waals surface area contributed by atoms with Crippen molar-refractivity contribution in [2.45, 2.75) is 50.0 Å². The fraction of sp³-hybridized carbons (Fsp3) is 0.423. The number of rotatable bonds is 6. The van der Waals surface area contributed by atoms with Crippen LogP contribution in [-0.2, 0) is 30.4 Å². The van der Waals surface area contributed by atoms with E-state index in [-0.39, 0.29) is 17.0 Å². The van der Waals surface area contributed by atoms with Gasteiger partial charge in [0.15, 0.2) is 11.4 Å². The second-order valence-electron chi connectivity index (χ2n) is 9.97. The Morgan fingerprint density at radius 3 is 2.50 bits per heavy atom. The number of halogens is 3. The maximum absolute atomic E-state index is 13.3. The van der Waals surface area contributed by atoms with Crippen molar-refractivity contribution in [3.63, 3.8) is 0 Å². The summed E-state index contributed by atoms with van der Waals surface area (Å²) in [5.41, 5.74) is -4.66. The molecule has 2 aliphatic rings. The van der Waals surface area contributed by atoms with Crippen LogP contribution < -0.4 is 4.18 Å². The fourth-order valence-corrected chi connectivity index (χ4v) is 6.86. The molecule has 0 amide bonds. The molecule has 2 heterocycles. The molecule has 204 valence electrons. The topological polar surface area (TPSA) is 83.9 Å². The van der Waals surface area contributed by atoms with Gasteiger partial charge in [0.2, 0.25) is 0 Å². The first kappa shape index (κ1) is 27.1. The number of fused-ring (bicyclic) bond motifs is 1. The number of aromatic nitrogens is 1. The van der Waals surface area contributed by atoms with Crippen LogP contribution in [0.2, 0.25) is 0 Å². The molecule has 2 fully saturated rings. The highest BCUT2D eigenvalue weighted by molar-refractivity contribution is 7.88. The quantitative estimate of drug-likeness (QED) is 0.141. The van der Waals surface area contributed by atoms with Gasteiger partial charge in [0.1, 0.15) is 5.01 Å². The Balaban J connectivity index is 1.63. The number of para-hydroxylation sites is 1. The van der Waals surface area contributed by atoms with Gasteiger partial charge in [0, 0.05) is 18.6 Å². The third-order valence-electron chi connectivity index (χ3n) is 7.28. The summed E-state index contributed by atoms with van der Waals surface area (Å²) in [6, 6.07) is 11.4. The molecule has 38 heavy (non-hydrogen) atoms. The van der Waals surface area contributed by atoms with Gasteiger partial charge in [-0.15, -0.1) is 11.3 Å². The Hall–Kier alpha value is -2.51. The maximum atomic E-state index is 13.3. The summed E-state index contributed by atoms with van der Waals surface area (Å²) in [6.45, 7) is 8.05. The zero-order valence-electron chi connectivity index (χ0n) is 20.9. The summed E-state index contributed by atoms with van der Waals surface area (Å²) >= 11 is 1.20. The number of benzene rings is 2. The van der Waals surface area contributed by atoms with E-state index in [4.69, 9.17) is 18.7 Å². The standard InChI is InChI=1S/C26H26F3NO6S2/c1-15-11-16(2)13-18(12-15)24(3)25(33-4,36-35-24)17-9-10-19(21(14-17)34-38(31,32)26(27,28)29)23-30-20-7-5-6-8-22(20)37-23/h5-10,14,16,18H,1,11-13H2,2-4H3. The van der Waals surface area contributed by atoms with Crippen LogP contribution in [0.3, 0.4) is 0 Å². The summed E-state index contributed by atoms with van der Waals surface area (Å²) < 4.78 is 75.5. The molecule has 1 aliphatic heterocycles. The first-order chi connectivity index (χ1) is 17.8. The van der Waals surface area contributed by atoms with Crippen LogP contribution >= 0.6 is 11.3 Å². The maximum Gasteiger partial charge on any atom is 0.534 e. The van der Waals surface area contributed by atoms with Gasteiger partial charge in [-0.2, -0.15) is 26.5 Å². The number of allylic oxidation sites excluding steroid dienone is 1. The average molecular weight is 570 g/mol. The van der Waals surface area contributed by atoms with Gasteiger partial charge in [-0.1, -0.05) is 37.3 Å². The van der Waals surface area contributed by atoms with E-state index in [0.717, 1.165) is 23.1 Å². The molecule has 5 rings (SSSR count). The van der Waals surface area contributed by atoms with E-state index in [1.165, 1.54) is 30.6 Å². The lowest BCUT2D eigenvalue weighted by Gasteiger charge is -2.57. The summed E-state index contributed by atoms with van der Waals surface area (Å²) in [6.07, 6.45) is 2.34. The van der Waals surface area contributed by atoms with Crippen LogP contribution in [0.4, 0.5) is 13.2 Å². The molecular formula is C26H26F3NO6S2. The van der Waals surface area contributed by atoms with Gasteiger partial charge in [-0.25, -0.2) is 9.87 Å². The summed E-state index contributed by atoms with van der Waals surface area (Å²) in [7, 11) is -4.58. The largest absolute Gasteiger partial charge is 0.534 e. The van der Waals surface area contributed by atoms with E-state index in [2.05, 4.69) is 18.5 Å². The van der Waals surface area contributed by atoms with Gasteiger partial charge in [-0.05, 0) is 56.4 Å². The zero-order valence-corrected chi connectivity index (χ0v) is 22.5. The molecule has 1 saturated carbocycles. The highest BCUT2D eigenvalue weighted by Gasteiger charge is 2.67. The van der Waals surface area contributed by atoms with E-state index < -0.39 is 32.8 Å². The molecule has 12 heteroatoms. The first-order valence-electron chi connectivity index (χ1n) is 11.9. The van der Waals surface area contributed by atoms with Crippen molar-refractivity contribution in [3.05, 3.63) is 60.2 Å². The SMILES string of the molecule is C=C1CC(C)CC(C2(C)OOC2(OC)c2ccc(-c3nc4ccccc4s3)c(OS(=O)(=O)C(F)(F)F)c2)C1. The van der Waals surface area contributed by atoms with Crippen LogP contribution in [0.25, 0.3) is 20.8 Å². The van der Waals surface area contributed by atoms with E-state index in [9.17, 15) is 21.6 Å². The molecule has 4 atom stereocenters. The zero-order chi connectivity index (χ0) is 27.5. The monoisotopic (exact) mass is 569 g/mol. The van der Waals surface area contributed by atoms with Crippen molar-refractivity contribution in [1.82, 2.24) is 4.98 Å². The minimum atomic E-state index is -5.98. The van der Waals surface area contributed by atoms with Gasteiger partial charge in [-0.3, -0.25) is 0 Å². The predicted octanol–water partition coefficient (Wildman–Crippen LogP) is 6.70. The van der Waals surface area contributed by atoms with Crippen LogP contribution in [0, 0.1) is 11.8 Å². The Labute approximate surface area is 222 Å². The highest BCUT2D eigenvalue weighted by Crippen LogP contribution is 2.57. The van der Waals surface area contributed by atoms with Gasteiger partial charge in [0.25, 0.3) is 5.79 Å². The number of nitrogens with zero attached hydrogens (tertiary/aromatic N) is 1. The van der Waals surface area contributed by atoms with Crippen molar-refractivity contribution >= 4 is 31.7 Å². The van der Waals surface area contributed by atoms with E-state index in [1.54, 1.807) is 24.3 Å². The predicted molar refractivity (Wildman–Crippen MR) is 136 cm³/mol. The van der Waals surface area contributed by atoms with Crippen molar-refractivity contribution in [2.75, 3.05) is 7.11 Å². The molecule has 1 saturated heterocycles. The van der Waals surface area contributed by atoms with Crippen molar-refractivity contribution in [1.29, 1.82) is 0 Å². The van der Waals surface area contributed by atoms with Crippen LogP contribution in [0.1, 0.15) is 38.7 Å². The Kier molecular flexibility index (Phi) is 6.63. The van der Waals surface area contributed by atoms with E-state index in [1.807, 2.05) is 13.0 Å². The number of ether oxygens (including phenoxy) is 1. The average Bonchev–Trinajstić information content (AvgIpc) is 3.26. The number of alkyl halides is 3. The molecule has 1 aliphatic carbocycles. The molecule has 0 bridgehead atoms. The normalized spacial score (nSPS) is 28.3. The van der Waals surface area contributed by atoms with E-state index >= 15 is 0 Å². The van der Waals surface area contributed by atoms with Crippen molar-refractivity contribution < 1.29 is 40.3 Å². The molecule has 4 unspecified atom stereocenters. The molecule has 0 N–H and O–H groups in total. The van der Waals surface area contributed by atoms with Gasteiger partial charge < -0.3 is 8.92 Å². The Morgan fingerprint density at radius 1 is 1.16 bits per heavy atom. The third-order valence-corrected chi connectivity index (χ3v) is 9.32. The van der Waals surface area contributed by atoms with Gasteiger partial charge >= 0.3 is 15.6 Å². The summed E-state index contributed by atoms with van der Waals surface area (Å²) in [5, 5.41) is 0.294. The third kappa shape index (κ3) is 4.32. The highest BCUT2D eigenvalue weighted by atomic mass is 32.2. The van der Waals surface area contributed by atoms with Crippen molar-refractivity contribution in [2.24, 2.45) is 11.8 Å². The lowest BCUT2D eigenvalue weighted by molar-refractivity contribution is -0.624. The van der Waals surface area contributed by atoms with Crippen LogP contribution in [0.5, 0.6) is 5.75 Å². The molecule has 0 radical (unpaired) electrons. The molecule has 2 aromatic carbocycles. The Bertz CT molecular complexity index is 1470. The Morgan fingerprint density at radius 2 is 1.89 bits per heavy atom. The number of thiazole rings is 1. The lowest BCUT2D eigenvalue weighted by atomic mass is 9.67. The number of hydrogen-bond acceptors (Lipinski definition) is 8. The number of methoxy groups -OCH3 is 1. The minimum absolute atomic E-state index is 0.0698. The molecule has 3 aromatic rings. The smallest absolute Gasteiger partial charge is 0.375 e.